The lowest BCUT2D eigenvalue weighted by Crippen LogP contribution is -2.41. The number of nitrogens with one attached hydrogen (secondary N) is 1. The first-order valence-electron chi connectivity index (χ1n) is 9.43. The van der Waals surface area contributed by atoms with Gasteiger partial charge < -0.3 is 4.90 Å². The van der Waals surface area contributed by atoms with E-state index in [-0.39, 0.29) is 28.6 Å². The summed E-state index contributed by atoms with van der Waals surface area (Å²) in [5.41, 5.74) is 0.787. The number of fused-ring (bicyclic) bond motifs is 1. The molecule has 1 saturated heterocycles. The molecule has 3 aromatic rings. The van der Waals surface area contributed by atoms with E-state index in [4.69, 9.17) is 0 Å². The van der Waals surface area contributed by atoms with Crippen LogP contribution in [-0.4, -0.2) is 48.0 Å². The van der Waals surface area contributed by atoms with Crippen LogP contribution in [0.15, 0.2) is 34.0 Å². The molecule has 0 saturated carbocycles. The van der Waals surface area contributed by atoms with E-state index in [0.717, 1.165) is 11.5 Å². The largest absolute Gasteiger partial charge is 0.343 e. The average Bonchev–Trinajstić information content (AvgIpc) is 3.08. The minimum atomic E-state index is -0.345. The van der Waals surface area contributed by atoms with Crippen molar-refractivity contribution in [3.63, 3.8) is 0 Å². The van der Waals surface area contributed by atoms with Gasteiger partial charge >= 0.3 is 5.69 Å². The summed E-state index contributed by atoms with van der Waals surface area (Å²) < 4.78 is 3.09. The van der Waals surface area contributed by atoms with Gasteiger partial charge in [-0.2, -0.15) is 5.10 Å². The van der Waals surface area contributed by atoms with Gasteiger partial charge in [0, 0.05) is 37.4 Å². The summed E-state index contributed by atoms with van der Waals surface area (Å²) in [6, 6.07) is 5.38. The zero-order chi connectivity index (χ0) is 19.8. The normalized spacial score (nSPS) is 15.3. The number of nitrogens with zero attached hydrogens (tertiary/aromatic N) is 5. The number of aryl methyl sites for hydroxylation is 1. The number of hydrogen-bond acceptors (Lipinski definition) is 5. The highest BCUT2D eigenvalue weighted by atomic mass is 16.2. The third-order valence-electron chi connectivity index (χ3n) is 5.41. The van der Waals surface area contributed by atoms with E-state index in [1.807, 2.05) is 26.0 Å². The summed E-state index contributed by atoms with van der Waals surface area (Å²) in [5, 5.41) is 6.65. The van der Waals surface area contributed by atoms with E-state index in [2.05, 4.69) is 15.2 Å². The molecule has 3 aromatic heterocycles. The van der Waals surface area contributed by atoms with Crippen LogP contribution in [0.25, 0.3) is 5.65 Å². The van der Waals surface area contributed by atoms with Gasteiger partial charge in [0.2, 0.25) is 0 Å². The van der Waals surface area contributed by atoms with Gasteiger partial charge in [-0.15, -0.1) is 0 Å². The van der Waals surface area contributed by atoms with E-state index >= 15 is 0 Å². The molecule has 1 aliphatic heterocycles. The molecule has 0 atom stereocenters. The maximum Gasteiger partial charge on any atom is 0.343 e. The van der Waals surface area contributed by atoms with E-state index in [1.54, 1.807) is 15.5 Å². The fourth-order valence-electron chi connectivity index (χ4n) is 3.88. The molecule has 0 aliphatic carbocycles. The Morgan fingerprint density at radius 1 is 1.25 bits per heavy atom. The van der Waals surface area contributed by atoms with Gasteiger partial charge in [0.05, 0.1) is 0 Å². The van der Waals surface area contributed by atoms with Crippen LogP contribution in [0.5, 0.6) is 0 Å². The zero-order valence-corrected chi connectivity index (χ0v) is 15.9. The monoisotopic (exact) mass is 382 g/mol. The Morgan fingerprint density at radius 2 is 2.00 bits per heavy atom. The first-order chi connectivity index (χ1) is 13.5. The number of piperidine rings is 1. The molecule has 0 bridgehead atoms. The van der Waals surface area contributed by atoms with Gasteiger partial charge in [-0.25, -0.2) is 14.9 Å². The SMILES string of the molecule is CCn1c(C2CCN(C(=O)c3cnc4cccc(C)n4c3=O)CC2)n[nH]c1=O. The van der Waals surface area contributed by atoms with Crippen LogP contribution in [0.4, 0.5) is 0 Å². The van der Waals surface area contributed by atoms with Crippen LogP contribution in [0, 0.1) is 6.92 Å². The van der Waals surface area contributed by atoms with Crippen molar-refractivity contribution < 1.29 is 4.79 Å². The van der Waals surface area contributed by atoms with Gasteiger partial charge in [-0.1, -0.05) is 6.07 Å². The van der Waals surface area contributed by atoms with E-state index in [9.17, 15) is 14.4 Å². The molecule has 0 aromatic carbocycles. The predicted molar refractivity (Wildman–Crippen MR) is 103 cm³/mol. The van der Waals surface area contributed by atoms with Crippen molar-refractivity contribution >= 4 is 11.6 Å². The summed E-state index contributed by atoms with van der Waals surface area (Å²) in [6.45, 7) is 5.28. The minimum absolute atomic E-state index is 0.0792. The number of hydrogen-bond donors (Lipinski definition) is 1. The molecule has 9 nitrogen and oxygen atoms in total. The fourth-order valence-corrected chi connectivity index (χ4v) is 3.88. The molecule has 0 unspecified atom stereocenters. The number of likely N-dealkylation sites (tertiary alicyclic amines) is 1. The highest BCUT2D eigenvalue weighted by Crippen LogP contribution is 2.26. The first-order valence-corrected chi connectivity index (χ1v) is 9.43. The Morgan fingerprint density at radius 3 is 2.71 bits per heavy atom. The van der Waals surface area contributed by atoms with Crippen molar-refractivity contribution in [2.75, 3.05) is 13.1 Å². The number of pyridine rings is 1. The molecule has 1 aliphatic rings. The van der Waals surface area contributed by atoms with Crippen LogP contribution in [0.3, 0.4) is 0 Å². The minimum Gasteiger partial charge on any atom is -0.338 e. The second kappa shape index (κ2) is 7.06. The molecule has 28 heavy (non-hydrogen) atoms. The molecule has 0 radical (unpaired) electrons. The van der Waals surface area contributed by atoms with E-state index in [0.29, 0.717) is 38.1 Å². The standard InChI is InChI=1S/C19H22N6O3/c1-3-24-16(21-22-19(24)28)13-7-9-23(10-8-13)17(26)14-11-20-15-6-4-5-12(2)25(15)18(14)27/h4-6,11,13H,3,7-10H2,1-2H3,(H,22,28). The smallest absolute Gasteiger partial charge is 0.338 e. The topological polar surface area (TPSA) is 105 Å². The molecule has 0 spiro atoms. The number of carbonyl (C=O) groups excluding carboxylic acids is 1. The molecule has 146 valence electrons. The van der Waals surface area contributed by atoms with Gasteiger partial charge in [-0.3, -0.25) is 18.6 Å². The number of rotatable bonds is 3. The maximum absolute atomic E-state index is 12.9. The second-order valence-corrected chi connectivity index (χ2v) is 7.04. The van der Waals surface area contributed by atoms with Crippen molar-refractivity contribution in [2.24, 2.45) is 0 Å². The summed E-state index contributed by atoms with van der Waals surface area (Å²) in [7, 11) is 0. The number of aromatic nitrogens is 5. The highest BCUT2D eigenvalue weighted by molar-refractivity contribution is 5.93. The van der Waals surface area contributed by atoms with Gasteiger partial charge in [0.15, 0.2) is 0 Å². The Bertz CT molecular complexity index is 1150. The van der Waals surface area contributed by atoms with E-state index < -0.39 is 0 Å². The average molecular weight is 382 g/mol. The van der Waals surface area contributed by atoms with Crippen LogP contribution < -0.4 is 11.2 Å². The first kappa shape index (κ1) is 18.1. The van der Waals surface area contributed by atoms with Crippen LogP contribution in [0.2, 0.25) is 0 Å². The van der Waals surface area contributed by atoms with Gasteiger partial charge in [-0.05, 0) is 38.8 Å². The fraction of sp³-hybridized carbons (Fsp3) is 0.421. The van der Waals surface area contributed by atoms with Crippen molar-refractivity contribution in [1.29, 1.82) is 0 Å². The number of H-pyrrole nitrogens is 1. The lowest BCUT2D eigenvalue weighted by atomic mass is 9.95. The molecular weight excluding hydrogens is 360 g/mol. The lowest BCUT2D eigenvalue weighted by molar-refractivity contribution is 0.0707. The number of carbonyl (C=O) groups is 1. The van der Waals surface area contributed by atoms with Gasteiger partial charge in [0.1, 0.15) is 17.0 Å². The molecule has 1 N–H and O–H groups in total. The highest BCUT2D eigenvalue weighted by Gasteiger charge is 2.29. The van der Waals surface area contributed by atoms with Crippen molar-refractivity contribution in [3.8, 4) is 0 Å². The maximum atomic E-state index is 12.9. The number of aromatic amines is 1. The van der Waals surface area contributed by atoms with E-state index in [1.165, 1.54) is 10.6 Å². The summed E-state index contributed by atoms with van der Waals surface area (Å²) in [6.07, 6.45) is 2.75. The Labute approximate surface area is 160 Å². The summed E-state index contributed by atoms with van der Waals surface area (Å²) in [4.78, 5) is 43.5. The third-order valence-corrected chi connectivity index (χ3v) is 5.41. The van der Waals surface area contributed by atoms with Crippen LogP contribution in [0.1, 0.15) is 47.6 Å². The Hall–Kier alpha value is -3.23. The second-order valence-electron chi connectivity index (χ2n) is 7.04. The Kier molecular flexibility index (Phi) is 4.58. The quantitative estimate of drug-likeness (QED) is 0.725. The molecular formula is C19H22N6O3. The van der Waals surface area contributed by atoms with Crippen molar-refractivity contribution in [3.05, 3.63) is 62.3 Å². The molecule has 4 heterocycles. The predicted octanol–water partition coefficient (Wildman–Crippen LogP) is 0.927. The number of amides is 1. The van der Waals surface area contributed by atoms with Crippen molar-refractivity contribution in [2.45, 2.75) is 39.2 Å². The molecule has 1 fully saturated rings. The molecule has 1 amide bonds. The van der Waals surface area contributed by atoms with Crippen molar-refractivity contribution in [1.82, 2.24) is 29.0 Å². The zero-order valence-electron chi connectivity index (χ0n) is 15.9. The van der Waals surface area contributed by atoms with Crippen LogP contribution in [-0.2, 0) is 6.54 Å². The molecule has 9 heteroatoms. The van der Waals surface area contributed by atoms with Gasteiger partial charge in [0.25, 0.3) is 11.5 Å². The Balaban J connectivity index is 1.55. The lowest BCUT2D eigenvalue weighted by Gasteiger charge is -2.31. The molecule has 4 rings (SSSR count). The summed E-state index contributed by atoms with van der Waals surface area (Å²) >= 11 is 0. The van der Waals surface area contributed by atoms with Crippen LogP contribution >= 0.6 is 0 Å². The summed E-state index contributed by atoms with van der Waals surface area (Å²) in [5.74, 6) is 0.548. The third kappa shape index (κ3) is 2.92.